The lowest BCUT2D eigenvalue weighted by Crippen LogP contribution is -2.22. The van der Waals surface area contributed by atoms with Gasteiger partial charge in [0.05, 0.1) is 45.7 Å². The Morgan fingerprint density at radius 1 is 1.04 bits per heavy atom. The molecule has 0 saturated heterocycles. The van der Waals surface area contributed by atoms with Crippen LogP contribution in [0.25, 0.3) is 0 Å². The Labute approximate surface area is 153 Å². The average molecular weight is 388 g/mol. The molecule has 0 aliphatic heterocycles. The molecule has 2 N–H and O–H groups in total. The summed E-state index contributed by atoms with van der Waals surface area (Å²) < 4.78 is 4.63. The molecule has 0 saturated carbocycles. The summed E-state index contributed by atoms with van der Waals surface area (Å²) in [6.07, 6.45) is 0. The number of amides is 1. The van der Waals surface area contributed by atoms with Gasteiger partial charge in [0, 0.05) is 0 Å². The summed E-state index contributed by atoms with van der Waals surface area (Å²) in [4.78, 5) is 23.6. The van der Waals surface area contributed by atoms with Crippen molar-refractivity contribution < 1.29 is 14.3 Å². The van der Waals surface area contributed by atoms with Crippen molar-refractivity contribution in [1.82, 2.24) is 0 Å². The Kier molecular flexibility index (Phi) is 6.31. The second-order valence-corrected chi connectivity index (χ2v) is 5.91. The standard InChI is InChI=1S/C16H13Cl3N2O3/c1-24-16(23)9-5-6-10(17)13(7-9)21-14(22)8-20-15-11(18)3-2-4-12(15)19/h2-7,20H,8H2,1H3,(H,21,22). The van der Waals surface area contributed by atoms with Gasteiger partial charge in [-0.05, 0) is 30.3 Å². The van der Waals surface area contributed by atoms with Crippen LogP contribution >= 0.6 is 34.8 Å². The van der Waals surface area contributed by atoms with E-state index in [1.807, 2.05) is 0 Å². The van der Waals surface area contributed by atoms with Crippen LogP contribution in [0.5, 0.6) is 0 Å². The van der Waals surface area contributed by atoms with Crippen LogP contribution in [0.1, 0.15) is 10.4 Å². The fraction of sp³-hybridized carbons (Fsp3) is 0.125. The van der Waals surface area contributed by atoms with E-state index < -0.39 is 5.97 Å². The third-order valence-electron chi connectivity index (χ3n) is 3.05. The van der Waals surface area contributed by atoms with Crippen molar-refractivity contribution in [3.63, 3.8) is 0 Å². The van der Waals surface area contributed by atoms with E-state index in [4.69, 9.17) is 34.8 Å². The lowest BCUT2D eigenvalue weighted by molar-refractivity contribution is -0.114. The number of esters is 1. The minimum absolute atomic E-state index is 0.0811. The van der Waals surface area contributed by atoms with Gasteiger partial charge >= 0.3 is 5.97 Å². The molecule has 2 aromatic carbocycles. The van der Waals surface area contributed by atoms with E-state index in [0.29, 0.717) is 26.4 Å². The maximum Gasteiger partial charge on any atom is 0.337 e. The van der Waals surface area contributed by atoms with E-state index in [1.165, 1.54) is 25.3 Å². The Balaban J connectivity index is 2.06. The molecule has 8 heteroatoms. The number of methoxy groups -OCH3 is 1. The van der Waals surface area contributed by atoms with Crippen LogP contribution in [0.4, 0.5) is 11.4 Å². The molecule has 0 aliphatic rings. The van der Waals surface area contributed by atoms with E-state index >= 15 is 0 Å². The molecule has 1 amide bonds. The van der Waals surface area contributed by atoms with E-state index in [1.54, 1.807) is 18.2 Å². The Hall–Kier alpha value is -1.95. The fourth-order valence-electron chi connectivity index (χ4n) is 1.90. The molecular formula is C16H13Cl3N2O3. The topological polar surface area (TPSA) is 67.4 Å². The molecule has 2 aromatic rings. The molecule has 0 heterocycles. The van der Waals surface area contributed by atoms with Gasteiger partial charge < -0.3 is 15.4 Å². The van der Waals surface area contributed by atoms with Crippen LogP contribution in [0.15, 0.2) is 36.4 Å². The normalized spacial score (nSPS) is 10.2. The molecule has 0 unspecified atom stereocenters. The molecule has 0 atom stereocenters. The van der Waals surface area contributed by atoms with Crippen LogP contribution in [0.3, 0.4) is 0 Å². The number of ether oxygens (including phenoxy) is 1. The average Bonchev–Trinajstić information content (AvgIpc) is 2.55. The quantitative estimate of drug-likeness (QED) is 0.742. The second kappa shape index (κ2) is 8.24. The van der Waals surface area contributed by atoms with Gasteiger partial charge in [0.15, 0.2) is 0 Å². The van der Waals surface area contributed by atoms with E-state index in [-0.39, 0.29) is 18.0 Å². The monoisotopic (exact) mass is 386 g/mol. The van der Waals surface area contributed by atoms with Crippen molar-refractivity contribution in [1.29, 1.82) is 0 Å². The van der Waals surface area contributed by atoms with Crippen molar-refractivity contribution in [2.24, 2.45) is 0 Å². The van der Waals surface area contributed by atoms with Crippen LogP contribution in [-0.4, -0.2) is 25.5 Å². The molecule has 2 rings (SSSR count). The van der Waals surface area contributed by atoms with Gasteiger partial charge in [-0.1, -0.05) is 40.9 Å². The number of carbonyl (C=O) groups is 2. The van der Waals surface area contributed by atoms with E-state index in [0.717, 1.165) is 0 Å². The van der Waals surface area contributed by atoms with Gasteiger partial charge in [-0.3, -0.25) is 4.79 Å². The highest BCUT2D eigenvalue weighted by molar-refractivity contribution is 6.39. The summed E-state index contributed by atoms with van der Waals surface area (Å²) in [5.41, 5.74) is 1.04. The van der Waals surface area contributed by atoms with Crippen molar-refractivity contribution in [2.45, 2.75) is 0 Å². The minimum Gasteiger partial charge on any atom is -0.465 e. The highest BCUT2D eigenvalue weighted by atomic mass is 35.5. The first kappa shape index (κ1) is 18.4. The molecule has 0 radical (unpaired) electrons. The summed E-state index contributed by atoms with van der Waals surface area (Å²) in [6, 6.07) is 9.46. The Morgan fingerprint density at radius 3 is 2.33 bits per heavy atom. The predicted molar refractivity (Wildman–Crippen MR) is 96.4 cm³/mol. The number of rotatable bonds is 5. The smallest absolute Gasteiger partial charge is 0.337 e. The zero-order valence-corrected chi connectivity index (χ0v) is 14.8. The fourth-order valence-corrected chi connectivity index (χ4v) is 2.59. The molecule has 0 aliphatic carbocycles. The highest BCUT2D eigenvalue weighted by Gasteiger charge is 2.12. The van der Waals surface area contributed by atoms with Crippen LogP contribution < -0.4 is 10.6 Å². The van der Waals surface area contributed by atoms with Crippen molar-refractivity contribution >= 4 is 58.1 Å². The van der Waals surface area contributed by atoms with Crippen molar-refractivity contribution in [3.05, 3.63) is 57.0 Å². The maximum atomic E-state index is 12.1. The van der Waals surface area contributed by atoms with Gasteiger partial charge in [-0.2, -0.15) is 0 Å². The molecule has 24 heavy (non-hydrogen) atoms. The summed E-state index contributed by atoms with van der Waals surface area (Å²) in [5, 5.41) is 6.58. The SMILES string of the molecule is COC(=O)c1ccc(Cl)c(NC(=O)CNc2c(Cl)cccc2Cl)c1. The van der Waals surface area contributed by atoms with Gasteiger partial charge in [0.25, 0.3) is 0 Å². The van der Waals surface area contributed by atoms with E-state index in [2.05, 4.69) is 15.4 Å². The van der Waals surface area contributed by atoms with Gasteiger partial charge in [-0.25, -0.2) is 4.79 Å². The predicted octanol–water partition coefficient (Wildman–Crippen LogP) is 4.48. The molecular weight excluding hydrogens is 375 g/mol. The Bertz CT molecular complexity index is 761. The summed E-state index contributed by atoms with van der Waals surface area (Å²) in [5.74, 6) is -0.905. The number of anilines is 2. The van der Waals surface area contributed by atoms with Gasteiger partial charge in [0.1, 0.15) is 0 Å². The number of benzene rings is 2. The number of carbonyl (C=O) groups excluding carboxylic acids is 2. The van der Waals surface area contributed by atoms with Gasteiger partial charge in [0.2, 0.25) is 5.91 Å². The van der Waals surface area contributed by atoms with Crippen LogP contribution in [0.2, 0.25) is 15.1 Å². The first-order chi connectivity index (χ1) is 11.4. The van der Waals surface area contributed by atoms with Crippen molar-refractivity contribution in [2.75, 3.05) is 24.3 Å². The van der Waals surface area contributed by atoms with Crippen LogP contribution in [-0.2, 0) is 9.53 Å². The summed E-state index contributed by atoms with van der Waals surface area (Å²) >= 11 is 18.1. The van der Waals surface area contributed by atoms with Crippen LogP contribution in [0, 0.1) is 0 Å². The first-order valence-electron chi connectivity index (χ1n) is 6.78. The second-order valence-electron chi connectivity index (χ2n) is 4.68. The third-order valence-corrected chi connectivity index (χ3v) is 4.01. The zero-order chi connectivity index (χ0) is 17.7. The first-order valence-corrected chi connectivity index (χ1v) is 7.91. The molecule has 5 nitrogen and oxygen atoms in total. The zero-order valence-electron chi connectivity index (χ0n) is 12.5. The van der Waals surface area contributed by atoms with Crippen molar-refractivity contribution in [3.8, 4) is 0 Å². The lowest BCUT2D eigenvalue weighted by atomic mass is 10.2. The molecule has 0 bridgehead atoms. The number of para-hydroxylation sites is 1. The third kappa shape index (κ3) is 4.54. The Morgan fingerprint density at radius 2 is 1.71 bits per heavy atom. The maximum absolute atomic E-state index is 12.1. The van der Waals surface area contributed by atoms with Gasteiger partial charge in [-0.15, -0.1) is 0 Å². The summed E-state index contributed by atoms with van der Waals surface area (Å²) in [6.45, 7) is -0.0811. The number of halogens is 3. The molecule has 0 spiro atoms. The van der Waals surface area contributed by atoms with E-state index in [9.17, 15) is 9.59 Å². The number of nitrogens with one attached hydrogen (secondary N) is 2. The minimum atomic E-state index is -0.525. The lowest BCUT2D eigenvalue weighted by Gasteiger charge is -2.12. The largest absolute Gasteiger partial charge is 0.465 e. The number of hydrogen-bond acceptors (Lipinski definition) is 4. The molecule has 0 aromatic heterocycles. The number of hydrogen-bond donors (Lipinski definition) is 2. The molecule has 0 fully saturated rings. The highest BCUT2D eigenvalue weighted by Crippen LogP contribution is 2.29. The summed E-state index contributed by atoms with van der Waals surface area (Å²) in [7, 11) is 1.27. The molecule has 126 valence electrons.